The summed E-state index contributed by atoms with van der Waals surface area (Å²) in [6.45, 7) is 2.87. The highest BCUT2D eigenvalue weighted by molar-refractivity contribution is 14.1. The maximum absolute atomic E-state index is 5.40. The lowest BCUT2D eigenvalue weighted by Crippen LogP contribution is -1.98. The fraction of sp³-hybridized carbons (Fsp3) is 0.200. The lowest BCUT2D eigenvalue weighted by atomic mass is 10.2. The largest absolute Gasteiger partial charge is 0.382 e. The van der Waals surface area contributed by atoms with Crippen LogP contribution in [-0.2, 0) is 0 Å². The van der Waals surface area contributed by atoms with E-state index >= 15 is 0 Å². The maximum Gasteiger partial charge on any atom is 0.0353 e. The zero-order valence-corrected chi connectivity index (χ0v) is 10.3. The number of aryl methyl sites for hydroxylation is 1. The van der Waals surface area contributed by atoms with Crippen molar-refractivity contribution in [1.29, 1.82) is 0 Å². The predicted molar refractivity (Wildman–Crippen MR) is 67.4 cm³/mol. The molecule has 0 bridgehead atoms. The van der Waals surface area contributed by atoms with E-state index in [9.17, 15) is 0 Å². The molecule has 0 radical (unpaired) electrons. The van der Waals surface area contributed by atoms with Crippen LogP contribution in [-0.4, -0.2) is 6.54 Å². The number of anilines is 1. The number of rotatable bonds is 3. The summed E-state index contributed by atoms with van der Waals surface area (Å²) in [6.07, 6.45) is 1.87. The van der Waals surface area contributed by atoms with Gasteiger partial charge in [-0.2, -0.15) is 0 Å². The minimum Gasteiger partial charge on any atom is -0.382 e. The Labute approximate surface area is 97.3 Å². The van der Waals surface area contributed by atoms with Crippen molar-refractivity contribution >= 4 is 39.9 Å². The van der Waals surface area contributed by atoms with Crippen molar-refractivity contribution in [1.82, 2.24) is 0 Å². The van der Waals surface area contributed by atoms with Gasteiger partial charge in [-0.3, -0.25) is 0 Å². The Morgan fingerprint density at radius 3 is 2.92 bits per heavy atom. The predicted octanol–water partition coefficient (Wildman–Crippen LogP) is 3.76. The van der Waals surface area contributed by atoms with Crippen LogP contribution in [0.4, 0.5) is 5.69 Å². The monoisotopic (exact) mass is 307 g/mol. The topological polar surface area (TPSA) is 12.0 Å². The first-order valence-corrected chi connectivity index (χ1v) is 5.51. The van der Waals surface area contributed by atoms with Crippen LogP contribution in [0.15, 0.2) is 29.8 Å². The molecule has 0 unspecified atom stereocenters. The third kappa shape index (κ3) is 3.56. The second-order valence-electron chi connectivity index (χ2n) is 2.71. The molecular formula is C10H11ClIN. The summed E-state index contributed by atoms with van der Waals surface area (Å²) < 4.78 is 1.28. The van der Waals surface area contributed by atoms with Crippen LogP contribution >= 0.6 is 34.2 Å². The molecule has 3 heteroatoms. The van der Waals surface area contributed by atoms with Crippen molar-refractivity contribution in [3.8, 4) is 0 Å². The van der Waals surface area contributed by atoms with Gasteiger partial charge in [0.15, 0.2) is 0 Å². The van der Waals surface area contributed by atoms with Gasteiger partial charge in [-0.15, -0.1) is 0 Å². The molecule has 70 valence electrons. The molecule has 0 atom stereocenters. The quantitative estimate of drug-likeness (QED) is 0.838. The van der Waals surface area contributed by atoms with Crippen LogP contribution in [0.3, 0.4) is 0 Å². The van der Waals surface area contributed by atoms with E-state index in [0.717, 1.165) is 12.2 Å². The van der Waals surface area contributed by atoms with Gasteiger partial charge in [-0.25, -0.2) is 0 Å². The average Bonchev–Trinajstić information content (AvgIpc) is 2.12. The summed E-state index contributed by atoms with van der Waals surface area (Å²) in [5, 5.41) is 3.24. The molecule has 1 aromatic carbocycles. The molecule has 1 rings (SSSR count). The summed E-state index contributed by atoms with van der Waals surface area (Å²) in [4.78, 5) is 0. The third-order valence-electron chi connectivity index (χ3n) is 1.68. The highest BCUT2D eigenvalue weighted by Gasteiger charge is 1.94. The molecule has 0 saturated heterocycles. The fourth-order valence-electron chi connectivity index (χ4n) is 0.924. The molecule has 0 saturated carbocycles. The molecular weight excluding hydrogens is 296 g/mol. The van der Waals surface area contributed by atoms with E-state index in [1.165, 1.54) is 14.7 Å². The lowest BCUT2D eigenvalue weighted by Gasteiger charge is -2.05. The van der Waals surface area contributed by atoms with Gasteiger partial charge in [0.05, 0.1) is 0 Å². The maximum atomic E-state index is 5.40. The first kappa shape index (κ1) is 10.9. The summed E-state index contributed by atoms with van der Waals surface area (Å²) in [5.74, 6) is 0. The van der Waals surface area contributed by atoms with Gasteiger partial charge < -0.3 is 5.32 Å². The van der Waals surface area contributed by atoms with Crippen molar-refractivity contribution in [3.05, 3.63) is 38.9 Å². The molecule has 1 N–H and O–H groups in total. The van der Waals surface area contributed by atoms with Crippen molar-refractivity contribution in [3.63, 3.8) is 0 Å². The van der Waals surface area contributed by atoms with Gasteiger partial charge in [0.25, 0.3) is 0 Å². The molecule has 0 fully saturated rings. The van der Waals surface area contributed by atoms with E-state index in [2.05, 4.69) is 53.0 Å². The van der Waals surface area contributed by atoms with E-state index in [1.54, 1.807) is 0 Å². The molecule has 0 aromatic heterocycles. The number of benzene rings is 1. The Morgan fingerprint density at radius 1 is 1.54 bits per heavy atom. The van der Waals surface area contributed by atoms with Crippen LogP contribution in [0.1, 0.15) is 5.56 Å². The Morgan fingerprint density at radius 2 is 2.31 bits per heavy atom. The molecule has 0 aliphatic carbocycles. The van der Waals surface area contributed by atoms with Crippen LogP contribution < -0.4 is 5.32 Å². The molecule has 0 amide bonds. The highest BCUT2D eigenvalue weighted by Crippen LogP contribution is 2.16. The van der Waals surface area contributed by atoms with E-state index in [0.29, 0.717) is 0 Å². The molecule has 0 heterocycles. The third-order valence-corrected chi connectivity index (χ3v) is 3.03. The van der Waals surface area contributed by atoms with Gasteiger partial charge in [-0.1, -0.05) is 23.7 Å². The number of hydrogen-bond acceptors (Lipinski definition) is 1. The Bertz CT molecular complexity index is 310. The van der Waals surface area contributed by atoms with Crippen LogP contribution in [0.2, 0.25) is 0 Å². The Kier molecular flexibility index (Phi) is 4.59. The van der Waals surface area contributed by atoms with E-state index in [1.807, 2.05) is 6.08 Å². The molecule has 0 spiro atoms. The van der Waals surface area contributed by atoms with Gasteiger partial charge in [0, 0.05) is 21.3 Å². The van der Waals surface area contributed by atoms with Crippen molar-refractivity contribution in [2.45, 2.75) is 6.92 Å². The van der Waals surface area contributed by atoms with Crippen LogP contribution in [0, 0.1) is 10.5 Å². The number of nitrogens with one attached hydrogen (secondary N) is 1. The lowest BCUT2D eigenvalue weighted by molar-refractivity contribution is 1.32. The minimum absolute atomic E-state index is 0.767. The first-order chi connectivity index (χ1) is 6.24. The SMILES string of the molecule is Cc1ccc(NC/C=C/Cl)cc1I. The fourth-order valence-corrected chi connectivity index (χ4v) is 1.53. The van der Waals surface area contributed by atoms with Gasteiger partial charge in [0.1, 0.15) is 0 Å². The number of halogens is 2. The smallest absolute Gasteiger partial charge is 0.0353 e. The van der Waals surface area contributed by atoms with Gasteiger partial charge in [-0.05, 0) is 47.2 Å². The Hall–Kier alpha value is -0.220. The summed E-state index contributed by atoms with van der Waals surface area (Å²) in [6, 6.07) is 6.30. The summed E-state index contributed by atoms with van der Waals surface area (Å²) in [5.41, 5.74) is 3.95. The van der Waals surface area contributed by atoms with E-state index in [4.69, 9.17) is 11.6 Å². The standard InChI is InChI=1S/C10H11ClIN/c1-8-3-4-9(7-10(8)12)13-6-2-5-11/h2-5,7,13H,6H2,1H3/b5-2+. The van der Waals surface area contributed by atoms with Crippen LogP contribution in [0.25, 0.3) is 0 Å². The van der Waals surface area contributed by atoms with E-state index < -0.39 is 0 Å². The van der Waals surface area contributed by atoms with Crippen LogP contribution in [0.5, 0.6) is 0 Å². The van der Waals surface area contributed by atoms with Crippen molar-refractivity contribution < 1.29 is 0 Å². The Balaban J connectivity index is 2.63. The normalized spacial score (nSPS) is 10.7. The zero-order chi connectivity index (χ0) is 9.68. The summed E-state index contributed by atoms with van der Waals surface area (Å²) in [7, 11) is 0. The molecule has 0 aliphatic rings. The zero-order valence-electron chi connectivity index (χ0n) is 7.35. The first-order valence-electron chi connectivity index (χ1n) is 3.99. The second kappa shape index (κ2) is 5.50. The average molecular weight is 308 g/mol. The highest BCUT2D eigenvalue weighted by atomic mass is 127. The number of hydrogen-bond donors (Lipinski definition) is 1. The summed E-state index contributed by atoms with van der Waals surface area (Å²) >= 11 is 7.73. The van der Waals surface area contributed by atoms with Gasteiger partial charge in [0.2, 0.25) is 0 Å². The van der Waals surface area contributed by atoms with Gasteiger partial charge >= 0.3 is 0 Å². The second-order valence-corrected chi connectivity index (χ2v) is 4.12. The molecule has 0 aliphatic heterocycles. The van der Waals surface area contributed by atoms with Crippen molar-refractivity contribution in [2.24, 2.45) is 0 Å². The van der Waals surface area contributed by atoms with E-state index in [-0.39, 0.29) is 0 Å². The molecule has 1 nitrogen and oxygen atoms in total. The molecule has 13 heavy (non-hydrogen) atoms. The molecule has 1 aromatic rings. The van der Waals surface area contributed by atoms with Crippen molar-refractivity contribution in [2.75, 3.05) is 11.9 Å². The minimum atomic E-state index is 0.767.